The van der Waals surface area contributed by atoms with Crippen molar-refractivity contribution < 1.29 is 21.6 Å². The molecule has 2 aromatic rings. The summed E-state index contributed by atoms with van der Waals surface area (Å²) in [6.45, 7) is 2.41. The summed E-state index contributed by atoms with van der Waals surface area (Å²) in [7, 11) is -7.74. The zero-order valence-electron chi connectivity index (χ0n) is 19.1. The van der Waals surface area contributed by atoms with Crippen LogP contribution in [-0.4, -0.2) is 46.4 Å². The van der Waals surface area contributed by atoms with Crippen molar-refractivity contribution in [1.82, 2.24) is 4.31 Å². The number of piperidine rings is 1. The number of carbonyl (C=O) groups is 1. The molecule has 34 heavy (non-hydrogen) atoms. The van der Waals surface area contributed by atoms with Gasteiger partial charge in [-0.3, -0.25) is 4.79 Å². The second-order valence-corrected chi connectivity index (χ2v) is 14.0. The van der Waals surface area contributed by atoms with Gasteiger partial charge in [-0.25, -0.2) is 16.8 Å². The Hall–Kier alpha value is -2.26. The van der Waals surface area contributed by atoms with Gasteiger partial charge in [0.05, 0.1) is 10.5 Å². The van der Waals surface area contributed by atoms with Crippen LogP contribution in [-0.2, 0) is 37.5 Å². The fourth-order valence-electron chi connectivity index (χ4n) is 4.64. The van der Waals surface area contributed by atoms with E-state index in [4.69, 9.17) is 0 Å². The highest BCUT2D eigenvalue weighted by atomic mass is 32.2. The summed E-state index contributed by atoms with van der Waals surface area (Å²) in [4.78, 5) is 13.7. The molecule has 1 amide bonds. The maximum Gasteiger partial charge on any atom is 0.244 e. The predicted molar refractivity (Wildman–Crippen MR) is 130 cm³/mol. The number of benzene rings is 1. The highest BCUT2D eigenvalue weighted by Gasteiger charge is 2.35. The predicted octanol–water partition coefficient (Wildman–Crippen LogP) is 3.19. The molecule has 1 saturated heterocycles. The second kappa shape index (κ2) is 9.41. The van der Waals surface area contributed by atoms with Crippen LogP contribution >= 0.6 is 11.3 Å². The van der Waals surface area contributed by atoms with E-state index in [-0.39, 0.29) is 34.7 Å². The molecule has 8 nitrogen and oxygen atoms in total. The maximum absolute atomic E-state index is 13.2. The van der Waals surface area contributed by atoms with Crippen molar-refractivity contribution in [2.75, 3.05) is 24.7 Å². The highest BCUT2D eigenvalue weighted by molar-refractivity contribution is 7.93. The molecule has 1 aliphatic heterocycles. The average Bonchev–Trinajstić information content (AvgIpc) is 3.14. The van der Waals surface area contributed by atoms with Crippen molar-refractivity contribution in [3.63, 3.8) is 0 Å². The molecule has 1 atom stereocenters. The zero-order chi connectivity index (χ0) is 24.7. The van der Waals surface area contributed by atoms with E-state index in [9.17, 15) is 26.9 Å². The van der Waals surface area contributed by atoms with E-state index in [1.807, 2.05) is 0 Å². The molecule has 2 aliphatic rings. The van der Waals surface area contributed by atoms with Gasteiger partial charge >= 0.3 is 0 Å². The van der Waals surface area contributed by atoms with Gasteiger partial charge in [0.2, 0.25) is 15.9 Å². The molecule has 4 rings (SSSR count). The molecule has 1 fully saturated rings. The van der Waals surface area contributed by atoms with Crippen LogP contribution in [0.25, 0.3) is 0 Å². The first-order valence-electron chi connectivity index (χ1n) is 11.2. The standard InChI is InChI=1S/C23H27N3O5S3/c1-15-7-8-17-18(14-24)23(32-19(17)13-15)25-22(27)16-9-11-26(12-10-16)34(30,31)21-6-4-3-5-20(21)33(2,28)29/h3-6,15-16H,7-13H2,1-2H3,(H,25,27). The lowest BCUT2D eigenvalue weighted by molar-refractivity contribution is -0.120. The summed E-state index contributed by atoms with van der Waals surface area (Å²) >= 11 is 1.47. The van der Waals surface area contributed by atoms with E-state index in [1.54, 1.807) is 0 Å². The van der Waals surface area contributed by atoms with E-state index in [2.05, 4.69) is 18.3 Å². The van der Waals surface area contributed by atoms with Crippen LogP contribution in [0.15, 0.2) is 34.1 Å². The largest absolute Gasteiger partial charge is 0.316 e. The third kappa shape index (κ3) is 4.77. The van der Waals surface area contributed by atoms with Crippen LogP contribution in [0.2, 0.25) is 0 Å². The minimum Gasteiger partial charge on any atom is -0.316 e. The summed E-state index contributed by atoms with van der Waals surface area (Å²) in [6.07, 6.45) is 4.40. The maximum atomic E-state index is 13.2. The summed E-state index contributed by atoms with van der Waals surface area (Å²) in [6, 6.07) is 7.82. The quantitative estimate of drug-likeness (QED) is 0.644. The van der Waals surface area contributed by atoms with Crippen molar-refractivity contribution in [2.45, 2.75) is 48.8 Å². The van der Waals surface area contributed by atoms with Crippen LogP contribution in [0.1, 0.15) is 42.2 Å². The van der Waals surface area contributed by atoms with Crippen LogP contribution in [0, 0.1) is 23.2 Å². The van der Waals surface area contributed by atoms with Gasteiger partial charge in [-0.05, 0) is 55.7 Å². The Morgan fingerprint density at radius 2 is 1.76 bits per heavy atom. The minimum atomic E-state index is -4.02. The van der Waals surface area contributed by atoms with E-state index in [0.29, 0.717) is 29.3 Å². The number of anilines is 1. The number of nitriles is 1. The first kappa shape index (κ1) is 24.9. The van der Waals surface area contributed by atoms with Gasteiger partial charge in [0.1, 0.15) is 16.0 Å². The third-order valence-electron chi connectivity index (χ3n) is 6.55. The number of amides is 1. The van der Waals surface area contributed by atoms with Gasteiger partial charge in [0, 0.05) is 30.1 Å². The smallest absolute Gasteiger partial charge is 0.244 e. The normalized spacial score (nSPS) is 19.9. The van der Waals surface area contributed by atoms with Crippen molar-refractivity contribution in [1.29, 1.82) is 5.26 Å². The number of hydrogen-bond donors (Lipinski definition) is 1. The highest BCUT2D eigenvalue weighted by Crippen LogP contribution is 2.39. The third-order valence-corrected chi connectivity index (χ3v) is 11.0. The van der Waals surface area contributed by atoms with Crippen LogP contribution in [0.4, 0.5) is 5.00 Å². The number of carbonyl (C=O) groups excluding carboxylic acids is 1. The van der Waals surface area contributed by atoms with E-state index >= 15 is 0 Å². The second-order valence-electron chi connectivity index (χ2n) is 9.05. The van der Waals surface area contributed by atoms with Crippen LogP contribution < -0.4 is 5.32 Å². The van der Waals surface area contributed by atoms with E-state index in [0.717, 1.165) is 36.0 Å². The topological polar surface area (TPSA) is 124 Å². The molecular weight excluding hydrogens is 494 g/mol. The summed E-state index contributed by atoms with van der Waals surface area (Å²) in [5.74, 6) is -0.0433. The first-order valence-corrected chi connectivity index (χ1v) is 15.3. The van der Waals surface area contributed by atoms with Crippen molar-refractivity contribution in [3.05, 3.63) is 40.3 Å². The number of hydrogen-bond acceptors (Lipinski definition) is 7. The molecule has 182 valence electrons. The van der Waals surface area contributed by atoms with Crippen molar-refractivity contribution in [2.24, 2.45) is 11.8 Å². The monoisotopic (exact) mass is 521 g/mol. The van der Waals surface area contributed by atoms with Crippen LogP contribution in [0.3, 0.4) is 0 Å². The average molecular weight is 522 g/mol. The Labute approximate surface area is 204 Å². The van der Waals surface area contributed by atoms with Gasteiger partial charge in [0.25, 0.3) is 0 Å². The molecule has 1 aromatic heterocycles. The molecule has 2 heterocycles. The van der Waals surface area contributed by atoms with Gasteiger partial charge in [-0.15, -0.1) is 11.3 Å². The number of fused-ring (bicyclic) bond motifs is 1. The Morgan fingerprint density at radius 3 is 2.38 bits per heavy atom. The Morgan fingerprint density at radius 1 is 1.12 bits per heavy atom. The summed E-state index contributed by atoms with van der Waals surface area (Å²) in [5.41, 5.74) is 1.60. The number of rotatable bonds is 5. The number of thiophene rings is 1. The summed E-state index contributed by atoms with van der Waals surface area (Å²) < 4.78 is 51.8. The number of sulfonamides is 1. The lowest BCUT2D eigenvalue weighted by atomic mass is 9.88. The molecule has 1 N–H and O–H groups in total. The summed E-state index contributed by atoms with van der Waals surface area (Å²) in [5, 5.41) is 13.2. The SMILES string of the molecule is CC1CCc2c(sc(NC(=O)C3CCN(S(=O)(=O)c4ccccc4S(C)(=O)=O)CC3)c2C#N)C1. The molecule has 11 heteroatoms. The molecule has 0 saturated carbocycles. The number of nitrogens with zero attached hydrogens (tertiary/aromatic N) is 2. The minimum absolute atomic E-state index is 0.113. The Kier molecular flexibility index (Phi) is 6.88. The molecule has 1 aromatic carbocycles. The lowest BCUT2D eigenvalue weighted by Crippen LogP contribution is -2.41. The van der Waals surface area contributed by atoms with Crippen molar-refractivity contribution in [3.8, 4) is 6.07 Å². The van der Waals surface area contributed by atoms with Gasteiger partial charge in [-0.1, -0.05) is 19.1 Å². The van der Waals surface area contributed by atoms with Gasteiger partial charge in [0.15, 0.2) is 9.84 Å². The molecule has 0 bridgehead atoms. The fraction of sp³-hybridized carbons (Fsp3) is 0.478. The Balaban J connectivity index is 1.46. The number of sulfone groups is 1. The fourth-order valence-corrected chi connectivity index (χ4v) is 9.07. The Bertz CT molecular complexity index is 1360. The first-order chi connectivity index (χ1) is 16.0. The van der Waals surface area contributed by atoms with Gasteiger partial charge in [-0.2, -0.15) is 9.57 Å². The van der Waals surface area contributed by atoms with Crippen LogP contribution in [0.5, 0.6) is 0 Å². The molecule has 1 aliphatic carbocycles. The van der Waals surface area contributed by atoms with E-state index < -0.39 is 19.9 Å². The zero-order valence-corrected chi connectivity index (χ0v) is 21.5. The van der Waals surface area contributed by atoms with E-state index in [1.165, 1.54) is 39.9 Å². The lowest BCUT2D eigenvalue weighted by Gasteiger charge is -2.30. The molecule has 1 unspecified atom stereocenters. The van der Waals surface area contributed by atoms with Crippen molar-refractivity contribution >= 4 is 42.1 Å². The molecule has 0 radical (unpaired) electrons. The van der Waals surface area contributed by atoms with Gasteiger partial charge < -0.3 is 5.32 Å². The number of nitrogens with one attached hydrogen (secondary N) is 1. The molecule has 0 spiro atoms. The molecular formula is C23H27N3O5S3.